The summed E-state index contributed by atoms with van der Waals surface area (Å²) < 4.78 is 13.0. The first-order chi connectivity index (χ1) is 8.02. The third kappa shape index (κ3) is 4.53. The monoisotopic (exact) mass is 238 g/mol. The Kier molecular flexibility index (Phi) is 5.10. The quantitative estimate of drug-likeness (QED) is 0.825. The molecule has 3 nitrogen and oxygen atoms in total. The fraction of sp³-hybridized carbons (Fsp3) is 0.462. The lowest BCUT2D eigenvalue weighted by Gasteiger charge is -2.16. The molecular weight excluding hydrogens is 219 g/mol. The molecule has 1 aromatic carbocycles. The van der Waals surface area contributed by atoms with Gasteiger partial charge in [-0.25, -0.2) is 4.39 Å². The lowest BCUT2D eigenvalue weighted by atomic mass is 10.1. The minimum atomic E-state index is -0.297. The van der Waals surface area contributed by atoms with Gasteiger partial charge in [-0.05, 0) is 31.0 Å². The smallest absolute Gasteiger partial charge is 0.222 e. The molecule has 0 aromatic heterocycles. The van der Waals surface area contributed by atoms with Crippen LogP contribution < -0.4 is 11.1 Å². The average molecular weight is 238 g/mol. The van der Waals surface area contributed by atoms with E-state index in [1.54, 1.807) is 12.1 Å². The molecule has 94 valence electrons. The van der Waals surface area contributed by atoms with Gasteiger partial charge in [-0.1, -0.05) is 19.1 Å². The minimum absolute atomic E-state index is 0.101. The maximum Gasteiger partial charge on any atom is 0.222 e. The van der Waals surface area contributed by atoms with E-state index >= 15 is 0 Å². The predicted molar refractivity (Wildman–Crippen MR) is 65.8 cm³/mol. The van der Waals surface area contributed by atoms with Crippen LogP contribution in [0.2, 0.25) is 0 Å². The summed E-state index contributed by atoms with van der Waals surface area (Å²) in [6.45, 7) is 3.76. The Morgan fingerprint density at radius 1 is 1.53 bits per heavy atom. The first kappa shape index (κ1) is 13.6. The third-order valence-electron chi connectivity index (χ3n) is 2.70. The number of halogens is 1. The zero-order valence-corrected chi connectivity index (χ0v) is 10.2. The highest BCUT2D eigenvalue weighted by Gasteiger charge is 2.12. The fourth-order valence-electron chi connectivity index (χ4n) is 1.54. The molecule has 4 heteroatoms. The number of nitrogens with one attached hydrogen (secondary N) is 1. The molecule has 1 aromatic rings. The molecule has 0 radical (unpaired) electrons. The lowest BCUT2D eigenvalue weighted by molar-refractivity contribution is -0.122. The van der Waals surface area contributed by atoms with E-state index in [-0.39, 0.29) is 23.8 Å². The van der Waals surface area contributed by atoms with Crippen molar-refractivity contribution in [3.8, 4) is 0 Å². The maximum absolute atomic E-state index is 13.0. The molecule has 0 bridgehead atoms. The molecule has 0 saturated heterocycles. The predicted octanol–water partition coefficient (Wildman–Crippen LogP) is 2.13. The third-order valence-corrected chi connectivity index (χ3v) is 2.70. The number of nitrogens with two attached hydrogens (primary N) is 1. The van der Waals surface area contributed by atoms with Crippen molar-refractivity contribution in [3.63, 3.8) is 0 Å². The van der Waals surface area contributed by atoms with Crippen LogP contribution >= 0.6 is 0 Å². The molecule has 17 heavy (non-hydrogen) atoms. The summed E-state index contributed by atoms with van der Waals surface area (Å²) in [4.78, 5) is 11.6. The van der Waals surface area contributed by atoms with E-state index in [0.29, 0.717) is 6.42 Å². The molecule has 2 atom stereocenters. The second-order valence-corrected chi connectivity index (χ2v) is 4.22. The highest BCUT2D eigenvalue weighted by molar-refractivity contribution is 5.77. The average Bonchev–Trinajstić information content (AvgIpc) is 2.28. The van der Waals surface area contributed by atoms with Gasteiger partial charge in [0.2, 0.25) is 5.91 Å². The normalized spacial score (nSPS) is 14.1. The van der Waals surface area contributed by atoms with Crippen molar-refractivity contribution in [3.05, 3.63) is 35.6 Å². The van der Waals surface area contributed by atoms with Crippen LogP contribution in [0.15, 0.2) is 24.3 Å². The van der Waals surface area contributed by atoms with Crippen LogP contribution in [0, 0.1) is 5.82 Å². The van der Waals surface area contributed by atoms with Gasteiger partial charge in [0.05, 0.1) is 6.04 Å². The van der Waals surface area contributed by atoms with E-state index in [4.69, 9.17) is 5.73 Å². The van der Waals surface area contributed by atoms with E-state index in [1.165, 1.54) is 12.1 Å². The summed E-state index contributed by atoms with van der Waals surface area (Å²) in [5.74, 6) is -0.398. The van der Waals surface area contributed by atoms with Crippen molar-refractivity contribution in [2.24, 2.45) is 5.73 Å². The van der Waals surface area contributed by atoms with E-state index in [1.807, 2.05) is 13.8 Å². The van der Waals surface area contributed by atoms with Gasteiger partial charge in [0.1, 0.15) is 5.82 Å². The maximum atomic E-state index is 13.0. The summed E-state index contributed by atoms with van der Waals surface area (Å²) in [6, 6.07) is 5.89. The number of amides is 1. The van der Waals surface area contributed by atoms with Gasteiger partial charge in [0, 0.05) is 12.5 Å². The standard InChI is InChI=1S/C13H19FN2O/c1-3-12(15)8-13(17)16-9(2)10-5-4-6-11(14)7-10/h4-7,9,12H,3,8,15H2,1-2H3,(H,16,17). The Hall–Kier alpha value is -1.42. The molecule has 0 heterocycles. The molecule has 0 aliphatic heterocycles. The number of benzene rings is 1. The molecule has 1 amide bonds. The van der Waals surface area contributed by atoms with Crippen molar-refractivity contribution < 1.29 is 9.18 Å². The van der Waals surface area contributed by atoms with E-state index in [0.717, 1.165) is 12.0 Å². The summed E-state index contributed by atoms with van der Waals surface area (Å²) >= 11 is 0. The van der Waals surface area contributed by atoms with Gasteiger partial charge in [-0.15, -0.1) is 0 Å². The minimum Gasteiger partial charge on any atom is -0.350 e. The Labute approximate surface area is 101 Å². The number of hydrogen-bond donors (Lipinski definition) is 2. The second kappa shape index (κ2) is 6.35. The van der Waals surface area contributed by atoms with E-state index < -0.39 is 0 Å². The highest BCUT2D eigenvalue weighted by Crippen LogP contribution is 2.13. The molecule has 2 unspecified atom stereocenters. The highest BCUT2D eigenvalue weighted by atomic mass is 19.1. The largest absolute Gasteiger partial charge is 0.350 e. The SMILES string of the molecule is CCC(N)CC(=O)NC(C)c1cccc(F)c1. The molecule has 0 aliphatic rings. The lowest BCUT2D eigenvalue weighted by Crippen LogP contribution is -2.32. The Morgan fingerprint density at radius 2 is 2.24 bits per heavy atom. The van der Waals surface area contributed by atoms with Crippen LogP contribution in [0.5, 0.6) is 0 Å². The zero-order valence-electron chi connectivity index (χ0n) is 10.2. The first-order valence-electron chi connectivity index (χ1n) is 5.83. The fourth-order valence-corrected chi connectivity index (χ4v) is 1.54. The van der Waals surface area contributed by atoms with Crippen molar-refractivity contribution in [2.45, 2.75) is 38.8 Å². The van der Waals surface area contributed by atoms with Gasteiger partial charge in [0.15, 0.2) is 0 Å². The topological polar surface area (TPSA) is 55.1 Å². The molecule has 0 spiro atoms. The number of carbonyl (C=O) groups excluding carboxylic acids is 1. The molecule has 0 aliphatic carbocycles. The van der Waals surface area contributed by atoms with Crippen molar-refractivity contribution >= 4 is 5.91 Å². The molecule has 0 fully saturated rings. The van der Waals surface area contributed by atoms with Gasteiger partial charge >= 0.3 is 0 Å². The summed E-state index contributed by atoms with van der Waals surface area (Å²) in [5, 5.41) is 2.80. The van der Waals surface area contributed by atoms with Crippen molar-refractivity contribution in [1.29, 1.82) is 0 Å². The second-order valence-electron chi connectivity index (χ2n) is 4.22. The molecule has 1 rings (SSSR count). The van der Waals surface area contributed by atoms with Crippen LogP contribution in [0.4, 0.5) is 4.39 Å². The van der Waals surface area contributed by atoms with Crippen LogP contribution in [0.1, 0.15) is 38.3 Å². The van der Waals surface area contributed by atoms with E-state index in [2.05, 4.69) is 5.32 Å². The number of rotatable bonds is 5. The van der Waals surface area contributed by atoms with Gasteiger partial charge < -0.3 is 11.1 Å². The van der Waals surface area contributed by atoms with E-state index in [9.17, 15) is 9.18 Å². The molecule has 3 N–H and O–H groups in total. The Morgan fingerprint density at radius 3 is 2.82 bits per heavy atom. The van der Waals surface area contributed by atoms with Crippen LogP contribution in [0.3, 0.4) is 0 Å². The summed E-state index contributed by atoms with van der Waals surface area (Å²) in [6.07, 6.45) is 1.07. The van der Waals surface area contributed by atoms with Crippen LogP contribution in [-0.2, 0) is 4.79 Å². The molecular formula is C13H19FN2O. The van der Waals surface area contributed by atoms with Gasteiger partial charge in [-0.3, -0.25) is 4.79 Å². The Bertz CT molecular complexity index is 381. The van der Waals surface area contributed by atoms with Crippen LogP contribution in [-0.4, -0.2) is 11.9 Å². The van der Waals surface area contributed by atoms with Crippen LogP contribution in [0.25, 0.3) is 0 Å². The van der Waals surface area contributed by atoms with Crippen molar-refractivity contribution in [2.75, 3.05) is 0 Å². The number of carbonyl (C=O) groups is 1. The number of hydrogen-bond acceptors (Lipinski definition) is 2. The Balaban J connectivity index is 2.54. The van der Waals surface area contributed by atoms with Gasteiger partial charge in [0.25, 0.3) is 0 Å². The summed E-state index contributed by atoms with van der Waals surface area (Å²) in [7, 11) is 0. The molecule has 0 saturated carbocycles. The zero-order chi connectivity index (χ0) is 12.8. The van der Waals surface area contributed by atoms with Crippen molar-refractivity contribution in [1.82, 2.24) is 5.32 Å². The summed E-state index contributed by atoms with van der Waals surface area (Å²) in [5.41, 5.74) is 6.44. The first-order valence-corrected chi connectivity index (χ1v) is 5.83. The van der Waals surface area contributed by atoms with Gasteiger partial charge in [-0.2, -0.15) is 0 Å².